The van der Waals surface area contributed by atoms with Crippen molar-refractivity contribution in [3.8, 4) is 0 Å². The number of carbonyl (C=O) groups is 2. The van der Waals surface area contributed by atoms with Gasteiger partial charge in [-0.15, -0.1) is 0 Å². The zero-order valence-corrected chi connectivity index (χ0v) is 12.0. The molecule has 0 aliphatic carbocycles. The Morgan fingerprint density at radius 1 is 1.15 bits per heavy atom. The van der Waals surface area contributed by atoms with Crippen molar-refractivity contribution in [3.05, 3.63) is 35.9 Å². The van der Waals surface area contributed by atoms with Crippen LogP contribution in [0.2, 0.25) is 0 Å². The Labute approximate surface area is 119 Å². The van der Waals surface area contributed by atoms with E-state index in [1.54, 1.807) is 0 Å². The fraction of sp³-hybridized carbons (Fsp3) is 0.467. The van der Waals surface area contributed by atoms with Crippen molar-refractivity contribution in [2.45, 2.75) is 26.4 Å². The van der Waals surface area contributed by atoms with E-state index in [4.69, 9.17) is 4.74 Å². The quantitative estimate of drug-likeness (QED) is 0.720. The van der Waals surface area contributed by atoms with Gasteiger partial charge in [0.1, 0.15) is 6.61 Å². The summed E-state index contributed by atoms with van der Waals surface area (Å²) in [4.78, 5) is 24.6. The van der Waals surface area contributed by atoms with Crippen molar-refractivity contribution < 1.29 is 19.1 Å². The Morgan fingerprint density at radius 2 is 1.85 bits per heavy atom. The molecule has 0 saturated carbocycles. The second-order valence-electron chi connectivity index (χ2n) is 4.35. The van der Waals surface area contributed by atoms with Crippen LogP contribution in [0.25, 0.3) is 0 Å². The average Bonchev–Trinajstić information content (AvgIpc) is 2.49. The molecule has 1 aromatic rings. The fourth-order valence-electron chi connectivity index (χ4n) is 1.70. The number of carbonyl (C=O) groups excluding carboxylic acids is 2. The highest BCUT2D eigenvalue weighted by Gasteiger charge is 2.15. The summed E-state index contributed by atoms with van der Waals surface area (Å²) in [6, 6.07) is 9.48. The number of ether oxygens (including phenoxy) is 2. The van der Waals surface area contributed by atoms with Crippen LogP contribution in [-0.2, 0) is 20.9 Å². The topological polar surface area (TPSA) is 55.8 Å². The van der Waals surface area contributed by atoms with Gasteiger partial charge in [0.2, 0.25) is 0 Å². The second-order valence-corrected chi connectivity index (χ2v) is 4.35. The molecule has 0 aliphatic rings. The van der Waals surface area contributed by atoms with E-state index >= 15 is 0 Å². The zero-order chi connectivity index (χ0) is 14.8. The number of hydrogen-bond donors (Lipinski definition) is 0. The normalized spacial score (nSPS) is 9.90. The maximum absolute atomic E-state index is 12.0. The minimum Gasteiger partial charge on any atom is -0.469 e. The van der Waals surface area contributed by atoms with Crippen LogP contribution in [0.15, 0.2) is 30.3 Å². The molecule has 0 aromatic heterocycles. The molecule has 0 heterocycles. The smallest absolute Gasteiger partial charge is 0.410 e. The number of rotatable bonds is 7. The molecule has 110 valence electrons. The first kappa shape index (κ1) is 16.0. The van der Waals surface area contributed by atoms with Crippen LogP contribution >= 0.6 is 0 Å². The van der Waals surface area contributed by atoms with Crippen LogP contribution in [-0.4, -0.2) is 37.2 Å². The Hall–Kier alpha value is -2.04. The van der Waals surface area contributed by atoms with Crippen molar-refractivity contribution in [2.24, 2.45) is 0 Å². The van der Waals surface area contributed by atoms with Gasteiger partial charge in [0.05, 0.1) is 13.5 Å². The van der Waals surface area contributed by atoms with Crippen LogP contribution in [0.4, 0.5) is 4.79 Å². The van der Waals surface area contributed by atoms with Crippen molar-refractivity contribution in [2.75, 3.05) is 20.2 Å². The Morgan fingerprint density at radius 3 is 2.45 bits per heavy atom. The third kappa shape index (κ3) is 5.73. The molecule has 0 radical (unpaired) electrons. The number of methoxy groups -OCH3 is 1. The van der Waals surface area contributed by atoms with E-state index in [1.165, 1.54) is 12.0 Å². The molecule has 0 spiro atoms. The standard InChI is InChI=1S/C15H21NO4/c1-3-10-16(11-9-14(17)19-2)15(18)20-12-13-7-5-4-6-8-13/h4-8H,3,9-12H2,1-2H3. The van der Waals surface area contributed by atoms with E-state index in [0.717, 1.165) is 12.0 Å². The van der Waals surface area contributed by atoms with E-state index in [0.29, 0.717) is 13.1 Å². The lowest BCUT2D eigenvalue weighted by Gasteiger charge is -2.21. The molecule has 0 atom stereocenters. The van der Waals surface area contributed by atoms with Gasteiger partial charge >= 0.3 is 12.1 Å². The molecule has 20 heavy (non-hydrogen) atoms. The lowest BCUT2D eigenvalue weighted by Crippen LogP contribution is -2.34. The van der Waals surface area contributed by atoms with Gasteiger partial charge in [0, 0.05) is 13.1 Å². The van der Waals surface area contributed by atoms with E-state index in [1.807, 2.05) is 37.3 Å². The molecule has 0 fully saturated rings. The number of esters is 1. The van der Waals surface area contributed by atoms with E-state index in [9.17, 15) is 9.59 Å². The molecular formula is C15H21NO4. The van der Waals surface area contributed by atoms with Gasteiger partial charge < -0.3 is 14.4 Å². The van der Waals surface area contributed by atoms with Gasteiger partial charge in [0.25, 0.3) is 0 Å². The summed E-state index contributed by atoms with van der Waals surface area (Å²) in [5.41, 5.74) is 0.935. The van der Waals surface area contributed by atoms with Crippen molar-refractivity contribution in [1.29, 1.82) is 0 Å². The molecular weight excluding hydrogens is 258 g/mol. The largest absolute Gasteiger partial charge is 0.469 e. The van der Waals surface area contributed by atoms with Crippen LogP contribution in [0, 0.1) is 0 Å². The van der Waals surface area contributed by atoms with Crippen LogP contribution < -0.4 is 0 Å². The molecule has 0 saturated heterocycles. The lowest BCUT2D eigenvalue weighted by atomic mass is 10.2. The summed E-state index contributed by atoms with van der Waals surface area (Å²) in [6.07, 6.45) is 0.582. The predicted molar refractivity (Wildman–Crippen MR) is 75.1 cm³/mol. The van der Waals surface area contributed by atoms with Gasteiger partial charge in [-0.25, -0.2) is 4.79 Å². The molecule has 1 amide bonds. The Kier molecular flexibility index (Phi) is 7.17. The number of nitrogens with zero attached hydrogens (tertiary/aromatic N) is 1. The summed E-state index contributed by atoms with van der Waals surface area (Å²) in [5.74, 6) is -0.332. The number of amides is 1. The first-order valence-corrected chi connectivity index (χ1v) is 6.69. The molecule has 5 heteroatoms. The highest BCUT2D eigenvalue weighted by Crippen LogP contribution is 2.05. The first-order chi connectivity index (χ1) is 9.67. The lowest BCUT2D eigenvalue weighted by molar-refractivity contribution is -0.140. The van der Waals surface area contributed by atoms with Gasteiger partial charge in [-0.05, 0) is 12.0 Å². The van der Waals surface area contributed by atoms with Gasteiger partial charge in [-0.3, -0.25) is 4.79 Å². The monoisotopic (exact) mass is 279 g/mol. The van der Waals surface area contributed by atoms with Crippen molar-refractivity contribution in [1.82, 2.24) is 4.90 Å². The molecule has 0 aliphatic heterocycles. The van der Waals surface area contributed by atoms with E-state index < -0.39 is 6.09 Å². The van der Waals surface area contributed by atoms with Gasteiger partial charge in [-0.2, -0.15) is 0 Å². The summed E-state index contributed by atoms with van der Waals surface area (Å²) in [7, 11) is 1.33. The maximum atomic E-state index is 12.0. The predicted octanol–water partition coefficient (Wildman–Crippen LogP) is 2.60. The highest BCUT2D eigenvalue weighted by atomic mass is 16.6. The van der Waals surface area contributed by atoms with Crippen LogP contribution in [0.5, 0.6) is 0 Å². The Balaban J connectivity index is 2.44. The number of benzene rings is 1. The highest BCUT2D eigenvalue weighted by molar-refractivity contribution is 5.71. The van der Waals surface area contributed by atoms with E-state index in [-0.39, 0.29) is 19.0 Å². The van der Waals surface area contributed by atoms with Gasteiger partial charge in [-0.1, -0.05) is 37.3 Å². The van der Waals surface area contributed by atoms with Crippen LogP contribution in [0.1, 0.15) is 25.3 Å². The minimum atomic E-state index is -0.403. The minimum absolute atomic E-state index is 0.178. The summed E-state index contributed by atoms with van der Waals surface area (Å²) < 4.78 is 9.81. The first-order valence-electron chi connectivity index (χ1n) is 6.69. The second kappa shape index (κ2) is 8.96. The van der Waals surface area contributed by atoms with Gasteiger partial charge in [0.15, 0.2) is 0 Å². The summed E-state index contributed by atoms with van der Waals surface area (Å²) >= 11 is 0. The van der Waals surface area contributed by atoms with Crippen LogP contribution in [0.3, 0.4) is 0 Å². The zero-order valence-electron chi connectivity index (χ0n) is 12.0. The molecule has 0 N–H and O–H groups in total. The third-order valence-electron chi connectivity index (χ3n) is 2.77. The molecule has 0 unspecified atom stereocenters. The average molecular weight is 279 g/mol. The maximum Gasteiger partial charge on any atom is 0.410 e. The van der Waals surface area contributed by atoms with Crippen molar-refractivity contribution in [3.63, 3.8) is 0 Å². The molecule has 5 nitrogen and oxygen atoms in total. The SMILES string of the molecule is CCCN(CCC(=O)OC)C(=O)OCc1ccccc1. The third-order valence-corrected chi connectivity index (χ3v) is 2.77. The number of hydrogen-bond acceptors (Lipinski definition) is 4. The fourth-order valence-corrected chi connectivity index (χ4v) is 1.70. The van der Waals surface area contributed by atoms with E-state index in [2.05, 4.69) is 4.74 Å². The summed E-state index contributed by atoms with van der Waals surface area (Å²) in [5, 5.41) is 0. The Bertz CT molecular complexity index is 419. The molecule has 1 aromatic carbocycles. The van der Waals surface area contributed by atoms with Crippen molar-refractivity contribution >= 4 is 12.1 Å². The molecule has 0 bridgehead atoms. The molecule has 1 rings (SSSR count). The summed E-state index contributed by atoms with van der Waals surface area (Å²) in [6.45, 7) is 3.08.